The molecular weight excluding hydrogens is 294 g/mol. The van der Waals surface area contributed by atoms with Gasteiger partial charge in [0.05, 0.1) is 11.5 Å². The van der Waals surface area contributed by atoms with Crippen LogP contribution in [0.3, 0.4) is 0 Å². The van der Waals surface area contributed by atoms with Gasteiger partial charge in [-0.2, -0.15) is 0 Å². The van der Waals surface area contributed by atoms with Crippen molar-refractivity contribution in [1.29, 1.82) is 0 Å². The molecule has 0 spiro atoms. The van der Waals surface area contributed by atoms with Crippen LogP contribution in [0.25, 0.3) is 11.0 Å². The number of amides is 2. The zero-order valence-electron chi connectivity index (χ0n) is 13.0. The van der Waals surface area contributed by atoms with Crippen LogP contribution in [-0.2, 0) is 4.79 Å². The van der Waals surface area contributed by atoms with Gasteiger partial charge in [-0.1, -0.05) is 18.2 Å². The van der Waals surface area contributed by atoms with Crippen molar-refractivity contribution in [2.75, 3.05) is 26.2 Å². The molecule has 23 heavy (non-hydrogen) atoms. The van der Waals surface area contributed by atoms with Crippen LogP contribution in [0.15, 0.2) is 34.9 Å². The fourth-order valence-electron chi connectivity index (χ4n) is 3.03. The van der Waals surface area contributed by atoms with E-state index in [0.29, 0.717) is 37.3 Å². The number of para-hydroxylation sites is 1. The summed E-state index contributed by atoms with van der Waals surface area (Å²) in [5.41, 5.74) is 6.67. The molecule has 2 heterocycles. The minimum atomic E-state index is -0.169. The van der Waals surface area contributed by atoms with Crippen molar-refractivity contribution >= 4 is 22.8 Å². The molecule has 2 amide bonds. The summed E-state index contributed by atoms with van der Waals surface area (Å²) in [6.45, 7) is 1.99. The van der Waals surface area contributed by atoms with Gasteiger partial charge in [0.2, 0.25) is 5.91 Å². The molecule has 0 bridgehead atoms. The SMILES string of the molecule is NCCNC(=O)C1CCCN(C(=O)c2coc3ccccc23)C1. The molecule has 2 aromatic rings. The van der Waals surface area contributed by atoms with E-state index in [1.54, 1.807) is 4.90 Å². The molecule has 1 fully saturated rings. The summed E-state index contributed by atoms with van der Waals surface area (Å²) in [5.74, 6) is -0.270. The Hall–Kier alpha value is -2.34. The van der Waals surface area contributed by atoms with Crippen LogP contribution >= 0.6 is 0 Å². The van der Waals surface area contributed by atoms with Crippen molar-refractivity contribution in [3.05, 3.63) is 36.1 Å². The molecule has 1 aromatic carbocycles. The second-order valence-electron chi connectivity index (χ2n) is 5.82. The van der Waals surface area contributed by atoms with Gasteiger partial charge in [0.1, 0.15) is 11.8 Å². The number of carbonyl (C=O) groups excluding carboxylic acids is 2. The first-order valence-electron chi connectivity index (χ1n) is 7.94. The Morgan fingerprint density at radius 1 is 1.35 bits per heavy atom. The van der Waals surface area contributed by atoms with Gasteiger partial charge in [-0.3, -0.25) is 9.59 Å². The van der Waals surface area contributed by atoms with Crippen LogP contribution in [0, 0.1) is 5.92 Å². The molecule has 1 aromatic heterocycles. The average Bonchev–Trinajstić information content (AvgIpc) is 3.03. The third-order valence-electron chi connectivity index (χ3n) is 4.23. The van der Waals surface area contributed by atoms with Crippen molar-refractivity contribution in [3.63, 3.8) is 0 Å². The van der Waals surface area contributed by atoms with E-state index in [2.05, 4.69) is 5.32 Å². The summed E-state index contributed by atoms with van der Waals surface area (Å²) in [7, 11) is 0. The second kappa shape index (κ2) is 6.83. The lowest BCUT2D eigenvalue weighted by atomic mass is 9.96. The Kier molecular flexibility index (Phi) is 4.62. The quantitative estimate of drug-likeness (QED) is 0.891. The predicted octanol–water partition coefficient (Wildman–Crippen LogP) is 1.36. The van der Waals surface area contributed by atoms with Crippen LogP contribution in [0.2, 0.25) is 0 Å². The van der Waals surface area contributed by atoms with Gasteiger partial charge in [-0.15, -0.1) is 0 Å². The molecule has 0 aliphatic carbocycles. The van der Waals surface area contributed by atoms with Crippen LogP contribution in [-0.4, -0.2) is 42.9 Å². The van der Waals surface area contributed by atoms with E-state index >= 15 is 0 Å². The standard InChI is InChI=1S/C17H21N3O3/c18-7-8-19-16(21)12-4-3-9-20(10-12)17(22)14-11-23-15-6-2-1-5-13(14)15/h1-2,5-6,11-12H,3-4,7-10,18H2,(H,19,21). The van der Waals surface area contributed by atoms with E-state index in [4.69, 9.17) is 10.2 Å². The summed E-state index contributed by atoms with van der Waals surface area (Å²) in [6, 6.07) is 7.47. The molecule has 6 heteroatoms. The number of benzene rings is 1. The number of likely N-dealkylation sites (tertiary alicyclic amines) is 1. The monoisotopic (exact) mass is 315 g/mol. The molecule has 1 unspecified atom stereocenters. The maximum atomic E-state index is 12.8. The molecule has 122 valence electrons. The summed E-state index contributed by atoms with van der Waals surface area (Å²) in [5, 5.41) is 3.62. The largest absolute Gasteiger partial charge is 0.463 e. The lowest BCUT2D eigenvalue weighted by Crippen LogP contribution is -2.46. The zero-order chi connectivity index (χ0) is 16.2. The summed E-state index contributed by atoms with van der Waals surface area (Å²) < 4.78 is 5.45. The minimum absolute atomic E-state index is 0.0231. The van der Waals surface area contributed by atoms with Crippen LogP contribution in [0.1, 0.15) is 23.2 Å². The third kappa shape index (κ3) is 3.22. The van der Waals surface area contributed by atoms with Crippen LogP contribution < -0.4 is 11.1 Å². The van der Waals surface area contributed by atoms with E-state index in [-0.39, 0.29) is 17.7 Å². The van der Waals surface area contributed by atoms with E-state index in [0.717, 1.165) is 18.2 Å². The summed E-state index contributed by atoms with van der Waals surface area (Å²) in [6.07, 6.45) is 3.12. The molecule has 0 saturated carbocycles. The Morgan fingerprint density at radius 3 is 3.00 bits per heavy atom. The fraction of sp³-hybridized carbons (Fsp3) is 0.412. The van der Waals surface area contributed by atoms with Crippen molar-refractivity contribution in [2.24, 2.45) is 11.7 Å². The van der Waals surface area contributed by atoms with E-state index < -0.39 is 0 Å². The van der Waals surface area contributed by atoms with E-state index in [9.17, 15) is 9.59 Å². The topological polar surface area (TPSA) is 88.6 Å². The van der Waals surface area contributed by atoms with Crippen molar-refractivity contribution < 1.29 is 14.0 Å². The first-order chi connectivity index (χ1) is 11.2. The van der Waals surface area contributed by atoms with Gasteiger partial charge in [0.15, 0.2) is 0 Å². The highest BCUT2D eigenvalue weighted by molar-refractivity contribution is 6.06. The molecule has 0 radical (unpaired) electrons. The fourth-order valence-corrected chi connectivity index (χ4v) is 3.03. The normalized spacial score (nSPS) is 18.1. The van der Waals surface area contributed by atoms with Gasteiger partial charge in [-0.05, 0) is 18.9 Å². The molecule has 1 aliphatic rings. The maximum Gasteiger partial charge on any atom is 0.257 e. The number of nitrogens with two attached hydrogens (primary N) is 1. The van der Waals surface area contributed by atoms with Crippen LogP contribution in [0.5, 0.6) is 0 Å². The van der Waals surface area contributed by atoms with Gasteiger partial charge in [0.25, 0.3) is 5.91 Å². The molecule has 6 nitrogen and oxygen atoms in total. The van der Waals surface area contributed by atoms with Crippen molar-refractivity contribution in [2.45, 2.75) is 12.8 Å². The molecule has 1 atom stereocenters. The van der Waals surface area contributed by atoms with E-state index in [1.807, 2.05) is 24.3 Å². The third-order valence-corrected chi connectivity index (χ3v) is 4.23. The summed E-state index contributed by atoms with van der Waals surface area (Å²) in [4.78, 5) is 26.6. The number of nitrogens with one attached hydrogen (secondary N) is 1. The first kappa shape index (κ1) is 15.6. The van der Waals surface area contributed by atoms with Gasteiger partial charge in [0, 0.05) is 31.6 Å². The number of fused-ring (bicyclic) bond motifs is 1. The highest BCUT2D eigenvalue weighted by Crippen LogP contribution is 2.24. The number of hydrogen-bond donors (Lipinski definition) is 2. The number of rotatable bonds is 4. The first-order valence-corrected chi connectivity index (χ1v) is 7.94. The smallest absolute Gasteiger partial charge is 0.257 e. The Morgan fingerprint density at radius 2 is 2.17 bits per heavy atom. The second-order valence-corrected chi connectivity index (χ2v) is 5.82. The number of piperidine rings is 1. The summed E-state index contributed by atoms with van der Waals surface area (Å²) >= 11 is 0. The van der Waals surface area contributed by atoms with Crippen molar-refractivity contribution in [3.8, 4) is 0 Å². The Labute approximate surface area is 134 Å². The Balaban J connectivity index is 1.73. The molecule has 1 saturated heterocycles. The Bertz CT molecular complexity index is 710. The average molecular weight is 315 g/mol. The van der Waals surface area contributed by atoms with Gasteiger partial charge >= 0.3 is 0 Å². The number of furan rings is 1. The zero-order valence-corrected chi connectivity index (χ0v) is 13.0. The predicted molar refractivity (Wildman–Crippen MR) is 86.9 cm³/mol. The van der Waals surface area contributed by atoms with Crippen molar-refractivity contribution in [1.82, 2.24) is 10.2 Å². The lowest BCUT2D eigenvalue weighted by Gasteiger charge is -2.31. The molecular formula is C17H21N3O3. The van der Waals surface area contributed by atoms with Crippen LogP contribution in [0.4, 0.5) is 0 Å². The highest BCUT2D eigenvalue weighted by Gasteiger charge is 2.29. The molecule has 3 N–H and O–H groups in total. The number of hydrogen-bond acceptors (Lipinski definition) is 4. The number of carbonyl (C=O) groups is 2. The molecule has 1 aliphatic heterocycles. The highest BCUT2D eigenvalue weighted by atomic mass is 16.3. The number of nitrogens with zero attached hydrogens (tertiary/aromatic N) is 1. The van der Waals surface area contributed by atoms with Gasteiger partial charge < -0.3 is 20.4 Å². The lowest BCUT2D eigenvalue weighted by molar-refractivity contribution is -0.126. The van der Waals surface area contributed by atoms with Gasteiger partial charge in [-0.25, -0.2) is 0 Å². The van der Waals surface area contributed by atoms with E-state index in [1.165, 1.54) is 6.26 Å². The maximum absolute atomic E-state index is 12.8. The minimum Gasteiger partial charge on any atom is -0.463 e. The molecule has 3 rings (SSSR count).